The number of nitrogens with zero attached hydrogens (tertiary/aromatic N) is 1. The van der Waals surface area contributed by atoms with Crippen LogP contribution < -0.4 is 9.47 Å². The van der Waals surface area contributed by atoms with Gasteiger partial charge in [0.05, 0.1) is 6.67 Å². The predicted octanol–water partition coefficient (Wildman–Crippen LogP) is 6.59. The molecule has 0 aromatic heterocycles. The molecule has 4 aromatic carbocycles. The molecule has 0 unspecified atom stereocenters. The molecular weight excluding hydrogens is 429 g/mol. The molecule has 0 bridgehead atoms. The first-order valence-electron chi connectivity index (χ1n) is 11.6. The maximum absolute atomic E-state index is 12.6. The van der Waals surface area contributed by atoms with Crippen LogP contribution >= 0.6 is 0 Å². The molecule has 4 aromatic rings. The SMILES string of the molecule is Cc1ccc(-c2ccc3cc(O)ccc3c2Oc2ccc(OCCN3CC(CF)C3)cc2)cc1. The van der Waals surface area contributed by atoms with Crippen LogP contribution in [0, 0.1) is 12.8 Å². The quantitative estimate of drug-likeness (QED) is 0.324. The summed E-state index contributed by atoms with van der Waals surface area (Å²) in [5.74, 6) is 2.64. The Kier molecular flexibility index (Phi) is 6.37. The third-order valence-electron chi connectivity index (χ3n) is 6.29. The smallest absolute Gasteiger partial charge is 0.143 e. The summed E-state index contributed by atoms with van der Waals surface area (Å²) in [5, 5.41) is 11.8. The van der Waals surface area contributed by atoms with E-state index >= 15 is 0 Å². The van der Waals surface area contributed by atoms with Gasteiger partial charge in [0.25, 0.3) is 0 Å². The van der Waals surface area contributed by atoms with Gasteiger partial charge >= 0.3 is 0 Å². The fourth-order valence-electron chi connectivity index (χ4n) is 4.33. The third-order valence-corrected chi connectivity index (χ3v) is 6.29. The van der Waals surface area contributed by atoms with Crippen LogP contribution in [0.1, 0.15) is 5.56 Å². The van der Waals surface area contributed by atoms with Crippen molar-refractivity contribution in [2.24, 2.45) is 5.92 Å². The topological polar surface area (TPSA) is 41.9 Å². The number of phenolic OH excluding ortho intramolecular Hbond substituents is 1. The Morgan fingerprint density at radius 1 is 0.912 bits per heavy atom. The van der Waals surface area contributed by atoms with E-state index in [1.165, 1.54) is 5.56 Å². The lowest BCUT2D eigenvalue weighted by Gasteiger charge is -2.37. The molecule has 1 saturated heterocycles. The van der Waals surface area contributed by atoms with Crippen LogP contribution in [0.5, 0.6) is 23.0 Å². The molecular formula is C29H28FNO3. The Morgan fingerprint density at radius 3 is 2.38 bits per heavy atom. The summed E-state index contributed by atoms with van der Waals surface area (Å²) in [6.45, 7) is 4.85. The first-order chi connectivity index (χ1) is 16.6. The summed E-state index contributed by atoms with van der Waals surface area (Å²) in [6, 6.07) is 25.3. The Morgan fingerprint density at radius 2 is 1.65 bits per heavy atom. The van der Waals surface area contributed by atoms with Gasteiger partial charge in [-0.2, -0.15) is 0 Å². The Hall–Kier alpha value is -3.57. The number of benzene rings is 4. The highest BCUT2D eigenvalue weighted by Gasteiger charge is 2.25. The Bertz CT molecular complexity index is 1270. The van der Waals surface area contributed by atoms with Crippen LogP contribution in [0.4, 0.5) is 4.39 Å². The fraction of sp³-hybridized carbons (Fsp3) is 0.241. The number of alkyl halides is 1. The molecule has 0 atom stereocenters. The number of fused-ring (bicyclic) bond motifs is 1. The van der Waals surface area contributed by atoms with Gasteiger partial charge < -0.3 is 14.6 Å². The lowest BCUT2D eigenvalue weighted by atomic mass is 9.98. The third kappa shape index (κ3) is 4.85. The molecule has 1 heterocycles. The highest BCUT2D eigenvalue weighted by atomic mass is 19.1. The number of hydrogen-bond acceptors (Lipinski definition) is 4. The second kappa shape index (κ2) is 9.74. The van der Waals surface area contributed by atoms with Crippen molar-refractivity contribution in [2.45, 2.75) is 6.92 Å². The number of rotatable bonds is 8. The lowest BCUT2D eigenvalue weighted by Crippen LogP contribution is -2.49. The van der Waals surface area contributed by atoms with Gasteiger partial charge in [-0.3, -0.25) is 9.29 Å². The zero-order chi connectivity index (χ0) is 23.5. The summed E-state index contributed by atoms with van der Waals surface area (Å²) in [4.78, 5) is 2.20. The lowest BCUT2D eigenvalue weighted by molar-refractivity contribution is 0.0668. The molecule has 1 aliphatic rings. The molecule has 1 N–H and O–H groups in total. The van der Waals surface area contributed by atoms with Gasteiger partial charge in [-0.1, -0.05) is 35.9 Å². The number of aryl methyl sites for hydroxylation is 1. The molecule has 0 aliphatic carbocycles. The van der Waals surface area contributed by atoms with Gasteiger partial charge in [0.2, 0.25) is 0 Å². The second-order valence-electron chi connectivity index (χ2n) is 8.92. The first-order valence-corrected chi connectivity index (χ1v) is 11.6. The highest BCUT2D eigenvalue weighted by Crippen LogP contribution is 2.40. The van der Waals surface area contributed by atoms with Crippen molar-refractivity contribution in [1.29, 1.82) is 0 Å². The van der Waals surface area contributed by atoms with Crippen molar-refractivity contribution in [3.05, 3.63) is 84.4 Å². The minimum Gasteiger partial charge on any atom is -0.508 e. The number of ether oxygens (including phenoxy) is 2. The molecule has 4 nitrogen and oxygen atoms in total. The van der Waals surface area contributed by atoms with E-state index < -0.39 is 0 Å². The number of likely N-dealkylation sites (tertiary alicyclic amines) is 1. The van der Waals surface area contributed by atoms with E-state index in [4.69, 9.17) is 9.47 Å². The number of halogens is 1. The summed E-state index contributed by atoms with van der Waals surface area (Å²) in [6.07, 6.45) is 0. The van der Waals surface area contributed by atoms with Crippen molar-refractivity contribution < 1.29 is 19.0 Å². The van der Waals surface area contributed by atoms with Gasteiger partial charge in [0.15, 0.2) is 0 Å². The second-order valence-corrected chi connectivity index (χ2v) is 8.92. The van der Waals surface area contributed by atoms with E-state index in [1.54, 1.807) is 12.1 Å². The van der Waals surface area contributed by atoms with Crippen LogP contribution in [0.2, 0.25) is 0 Å². The largest absolute Gasteiger partial charge is 0.508 e. The molecule has 0 spiro atoms. The van der Waals surface area contributed by atoms with E-state index in [9.17, 15) is 9.50 Å². The predicted molar refractivity (Wildman–Crippen MR) is 134 cm³/mol. The van der Waals surface area contributed by atoms with Crippen LogP contribution in [0.25, 0.3) is 21.9 Å². The van der Waals surface area contributed by atoms with Gasteiger partial charge in [0, 0.05) is 36.5 Å². The molecule has 0 amide bonds. The van der Waals surface area contributed by atoms with Crippen molar-refractivity contribution in [3.8, 4) is 34.1 Å². The van der Waals surface area contributed by atoms with E-state index in [2.05, 4.69) is 36.1 Å². The van der Waals surface area contributed by atoms with Crippen LogP contribution in [0.15, 0.2) is 78.9 Å². The van der Waals surface area contributed by atoms with E-state index in [0.29, 0.717) is 12.4 Å². The van der Waals surface area contributed by atoms with E-state index in [0.717, 1.165) is 53.0 Å². The molecule has 5 rings (SSSR count). The summed E-state index contributed by atoms with van der Waals surface area (Å²) >= 11 is 0. The maximum Gasteiger partial charge on any atom is 0.143 e. The van der Waals surface area contributed by atoms with E-state index in [1.807, 2.05) is 42.5 Å². The molecule has 5 heteroatoms. The van der Waals surface area contributed by atoms with Gasteiger partial charge in [0.1, 0.15) is 29.6 Å². The molecule has 174 valence electrons. The molecule has 1 fully saturated rings. The number of aromatic hydroxyl groups is 1. The minimum atomic E-state index is -0.234. The Labute approximate surface area is 199 Å². The summed E-state index contributed by atoms with van der Waals surface area (Å²) in [7, 11) is 0. The minimum absolute atomic E-state index is 0.194. The van der Waals surface area contributed by atoms with Crippen LogP contribution in [-0.4, -0.2) is 42.9 Å². The van der Waals surface area contributed by atoms with Gasteiger partial charge in [-0.25, -0.2) is 0 Å². The summed E-state index contributed by atoms with van der Waals surface area (Å²) in [5.41, 5.74) is 3.25. The highest BCUT2D eigenvalue weighted by molar-refractivity contribution is 5.96. The van der Waals surface area contributed by atoms with Crippen molar-refractivity contribution >= 4 is 10.8 Å². The molecule has 1 aliphatic heterocycles. The monoisotopic (exact) mass is 457 g/mol. The molecule has 0 saturated carbocycles. The normalized spacial score (nSPS) is 14.2. The Balaban J connectivity index is 1.35. The average Bonchev–Trinajstić information content (AvgIpc) is 2.82. The number of hydrogen-bond donors (Lipinski definition) is 1. The molecule has 34 heavy (non-hydrogen) atoms. The standard InChI is InChI=1S/C29H28FNO3/c1-20-2-4-22(5-3-20)27-12-6-23-16-24(32)7-13-28(23)29(27)34-26-10-8-25(9-11-26)33-15-14-31-18-21(17-30)19-31/h2-13,16,21,32H,14-15,17-19H2,1H3. The van der Waals surface area contributed by atoms with Crippen LogP contribution in [0.3, 0.4) is 0 Å². The zero-order valence-corrected chi connectivity index (χ0v) is 19.2. The van der Waals surface area contributed by atoms with Crippen molar-refractivity contribution in [2.75, 3.05) is 32.9 Å². The maximum atomic E-state index is 12.6. The van der Waals surface area contributed by atoms with Crippen LogP contribution in [-0.2, 0) is 0 Å². The van der Waals surface area contributed by atoms with Gasteiger partial charge in [-0.05, 0) is 66.4 Å². The summed E-state index contributed by atoms with van der Waals surface area (Å²) < 4.78 is 24.8. The van der Waals surface area contributed by atoms with Crippen molar-refractivity contribution in [1.82, 2.24) is 4.90 Å². The fourth-order valence-corrected chi connectivity index (χ4v) is 4.33. The zero-order valence-electron chi connectivity index (χ0n) is 19.2. The van der Waals surface area contributed by atoms with E-state index in [-0.39, 0.29) is 18.3 Å². The average molecular weight is 458 g/mol. The first kappa shape index (κ1) is 22.2. The van der Waals surface area contributed by atoms with Gasteiger partial charge in [-0.15, -0.1) is 0 Å². The molecule has 0 radical (unpaired) electrons. The number of phenols is 1. The van der Waals surface area contributed by atoms with Crippen molar-refractivity contribution in [3.63, 3.8) is 0 Å².